The Morgan fingerprint density at radius 1 is 1.08 bits per heavy atom. The van der Waals surface area contributed by atoms with Crippen LogP contribution in [-0.2, 0) is 10.0 Å². The molecule has 1 aliphatic heterocycles. The number of halogens is 1. The lowest BCUT2D eigenvalue weighted by atomic mass is 9.95. The Morgan fingerprint density at radius 2 is 1.81 bits per heavy atom. The van der Waals surface area contributed by atoms with Crippen LogP contribution >= 0.6 is 0 Å². The first-order valence-corrected chi connectivity index (χ1v) is 10.2. The van der Waals surface area contributed by atoms with Gasteiger partial charge in [0.25, 0.3) is 0 Å². The normalized spacial score (nSPS) is 17.0. The predicted molar refractivity (Wildman–Crippen MR) is 100 cm³/mol. The van der Waals surface area contributed by atoms with Gasteiger partial charge in [0, 0.05) is 30.2 Å². The Morgan fingerprint density at radius 3 is 2.50 bits per heavy atom. The van der Waals surface area contributed by atoms with Crippen LogP contribution in [-0.4, -0.2) is 30.8 Å². The number of rotatable bonds is 3. The van der Waals surface area contributed by atoms with Gasteiger partial charge < -0.3 is 4.98 Å². The highest BCUT2D eigenvalue weighted by atomic mass is 32.2. The van der Waals surface area contributed by atoms with Gasteiger partial charge in [-0.05, 0) is 61.0 Å². The average molecular weight is 372 g/mol. The summed E-state index contributed by atoms with van der Waals surface area (Å²) >= 11 is 0. The van der Waals surface area contributed by atoms with E-state index in [0.29, 0.717) is 24.6 Å². The number of nitrogens with one attached hydrogen (secondary N) is 1. The summed E-state index contributed by atoms with van der Waals surface area (Å²) < 4.78 is 40.6. The molecule has 1 aromatic heterocycles. The lowest BCUT2D eigenvalue weighted by Gasteiger charge is -2.31. The molecular weight excluding hydrogens is 351 g/mol. The molecule has 0 amide bonds. The molecule has 0 saturated carbocycles. The average Bonchev–Trinajstić information content (AvgIpc) is 3.05. The van der Waals surface area contributed by atoms with E-state index in [1.807, 2.05) is 12.1 Å². The molecule has 4 rings (SSSR count). The number of aryl methyl sites for hydroxylation is 1. The van der Waals surface area contributed by atoms with Gasteiger partial charge in [-0.3, -0.25) is 0 Å². The van der Waals surface area contributed by atoms with Crippen LogP contribution in [0, 0.1) is 12.7 Å². The molecule has 4 nitrogen and oxygen atoms in total. The van der Waals surface area contributed by atoms with Crippen molar-refractivity contribution in [1.82, 2.24) is 9.29 Å². The fraction of sp³-hybridized carbons (Fsp3) is 0.300. The van der Waals surface area contributed by atoms with Crippen molar-refractivity contribution in [3.8, 4) is 0 Å². The number of aromatic amines is 1. The minimum atomic E-state index is -3.58. The van der Waals surface area contributed by atoms with Gasteiger partial charge in [-0.1, -0.05) is 18.2 Å². The fourth-order valence-electron chi connectivity index (χ4n) is 3.76. The zero-order chi connectivity index (χ0) is 18.3. The van der Waals surface area contributed by atoms with Gasteiger partial charge in [0.1, 0.15) is 5.82 Å². The van der Waals surface area contributed by atoms with Gasteiger partial charge >= 0.3 is 0 Å². The highest BCUT2D eigenvalue weighted by Gasteiger charge is 2.31. The van der Waals surface area contributed by atoms with E-state index < -0.39 is 15.8 Å². The van der Waals surface area contributed by atoms with Crippen molar-refractivity contribution >= 4 is 20.9 Å². The smallest absolute Gasteiger partial charge is 0.243 e. The van der Waals surface area contributed by atoms with Crippen LogP contribution in [0.15, 0.2) is 53.4 Å². The van der Waals surface area contributed by atoms with Crippen molar-refractivity contribution < 1.29 is 12.8 Å². The zero-order valence-corrected chi connectivity index (χ0v) is 15.4. The number of H-pyrrole nitrogens is 1. The number of fused-ring (bicyclic) bond motifs is 1. The summed E-state index contributed by atoms with van der Waals surface area (Å²) in [7, 11) is -3.58. The quantitative estimate of drug-likeness (QED) is 0.750. The van der Waals surface area contributed by atoms with Crippen molar-refractivity contribution in [3.63, 3.8) is 0 Å². The number of para-hydroxylation sites is 1. The molecule has 1 fully saturated rings. The molecule has 3 aromatic rings. The molecule has 0 spiro atoms. The standard InChI is InChI=1S/C20H21FN2O2S/c1-14-12-17(21)6-7-20(14)26(24,25)23-10-8-15(9-11-23)19-13-16-4-2-3-5-18(16)22-19/h2-7,12-13,15,22H,8-11H2,1H3. The minimum Gasteiger partial charge on any atom is -0.358 e. The van der Waals surface area contributed by atoms with E-state index in [4.69, 9.17) is 0 Å². The maximum Gasteiger partial charge on any atom is 0.243 e. The molecule has 0 aliphatic carbocycles. The molecule has 26 heavy (non-hydrogen) atoms. The number of hydrogen-bond donors (Lipinski definition) is 1. The van der Waals surface area contributed by atoms with Crippen LogP contribution in [0.25, 0.3) is 10.9 Å². The van der Waals surface area contributed by atoms with Crippen LogP contribution in [0.2, 0.25) is 0 Å². The summed E-state index contributed by atoms with van der Waals surface area (Å²) in [6, 6.07) is 14.1. The minimum absolute atomic E-state index is 0.197. The van der Waals surface area contributed by atoms with E-state index in [1.54, 1.807) is 6.92 Å². The Balaban J connectivity index is 1.52. The molecule has 6 heteroatoms. The van der Waals surface area contributed by atoms with Crippen molar-refractivity contribution in [1.29, 1.82) is 0 Å². The molecule has 1 aliphatic rings. The van der Waals surface area contributed by atoms with Gasteiger partial charge in [0.2, 0.25) is 10.0 Å². The summed E-state index contributed by atoms with van der Waals surface area (Å²) in [6.45, 7) is 2.57. The fourth-order valence-corrected chi connectivity index (χ4v) is 5.44. The van der Waals surface area contributed by atoms with Gasteiger partial charge in [0.05, 0.1) is 4.90 Å². The zero-order valence-electron chi connectivity index (χ0n) is 14.6. The lowest BCUT2D eigenvalue weighted by Crippen LogP contribution is -2.38. The third-order valence-corrected chi connectivity index (χ3v) is 7.26. The van der Waals surface area contributed by atoms with Crippen molar-refractivity contribution in [2.45, 2.75) is 30.6 Å². The van der Waals surface area contributed by atoms with E-state index in [0.717, 1.165) is 18.4 Å². The van der Waals surface area contributed by atoms with Crippen molar-refractivity contribution in [2.24, 2.45) is 0 Å². The molecule has 1 saturated heterocycles. The molecule has 0 bridgehead atoms. The molecule has 0 radical (unpaired) electrons. The van der Waals surface area contributed by atoms with E-state index in [1.165, 1.54) is 33.6 Å². The number of sulfonamides is 1. The number of nitrogens with zero attached hydrogens (tertiary/aromatic N) is 1. The maximum atomic E-state index is 13.3. The summed E-state index contributed by atoms with van der Waals surface area (Å²) in [5.74, 6) is -0.0952. The van der Waals surface area contributed by atoms with Gasteiger partial charge in [0.15, 0.2) is 0 Å². The number of benzene rings is 2. The molecular formula is C20H21FN2O2S. The Labute approximate surface area is 152 Å². The van der Waals surface area contributed by atoms with Crippen LogP contribution in [0.4, 0.5) is 4.39 Å². The second kappa shape index (κ2) is 6.52. The maximum absolute atomic E-state index is 13.3. The molecule has 1 N–H and O–H groups in total. The molecule has 2 heterocycles. The lowest BCUT2D eigenvalue weighted by molar-refractivity contribution is 0.317. The van der Waals surface area contributed by atoms with E-state index in [9.17, 15) is 12.8 Å². The van der Waals surface area contributed by atoms with Crippen LogP contribution in [0.3, 0.4) is 0 Å². The summed E-state index contributed by atoms with van der Waals surface area (Å²) in [4.78, 5) is 3.65. The Kier molecular flexibility index (Phi) is 4.32. The monoisotopic (exact) mass is 372 g/mol. The second-order valence-corrected chi connectivity index (χ2v) is 8.81. The predicted octanol–water partition coefficient (Wildman–Crippen LogP) is 4.18. The SMILES string of the molecule is Cc1cc(F)ccc1S(=O)(=O)N1CCC(c2cc3ccccc3[nH]2)CC1. The molecule has 136 valence electrons. The number of piperidine rings is 1. The molecule has 2 aromatic carbocycles. The van der Waals surface area contributed by atoms with E-state index >= 15 is 0 Å². The highest BCUT2D eigenvalue weighted by Crippen LogP contribution is 2.32. The van der Waals surface area contributed by atoms with Gasteiger partial charge in [-0.25, -0.2) is 12.8 Å². The van der Waals surface area contributed by atoms with Crippen LogP contribution in [0.5, 0.6) is 0 Å². The summed E-state index contributed by atoms with van der Waals surface area (Å²) in [6.07, 6.45) is 1.54. The summed E-state index contributed by atoms with van der Waals surface area (Å²) in [5.41, 5.74) is 2.73. The van der Waals surface area contributed by atoms with E-state index in [-0.39, 0.29) is 4.90 Å². The number of aromatic nitrogens is 1. The third-order valence-electron chi connectivity index (χ3n) is 5.20. The Hall–Kier alpha value is -2.18. The first kappa shape index (κ1) is 17.2. The Bertz CT molecular complexity index is 1020. The van der Waals surface area contributed by atoms with Crippen molar-refractivity contribution in [2.75, 3.05) is 13.1 Å². The van der Waals surface area contributed by atoms with Crippen LogP contribution < -0.4 is 0 Å². The third kappa shape index (κ3) is 3.04. The summed E-state index contributed by atoms with van der Waals surface area (Å²) in [5, 5.41) is 1.18. The van der Waals surface area contributed by atoms with Gasteiger partial charge in [-0.15, -0.1) is 0 Å². The van der Waals surface area contributed by atoms with E-state index in [2.05, 4.69) is 23.2 Å². The largest absolute Gasteiger partial charge is 0.358 e. The van der Waals surface area contributed by atoms with Gasteiger partial charge in [-0.2, -0.15) is 4.31 Å². The number of hydrogen-bond acceptors (Lipinski definition) is 2. The molecule has 0 atom stereocenters. The topological polar surface area (TPSA) is 53.2 Å². The van der Waals surface area contributed by atoms with Crippen LogP contribution in [0.1, 0.15) is 30.0 Å². The highest BCUT2D eigenvalue weighted by molar-refractivity contribution is 7.89. The molecule has 0 unspecified atom stereocenters. The first-order valence-electron chi connectivity index (χ1n) is 8.79. The first-order chi connectivity index (χ1) is 12.4. The van der Waals surface area contributed by atoms with Crippen molar-refractivity contribution in [3.05, 3.63) is 65.6 Å². The second-order valence-electron chi connectivity index (χ2n) is 6.90.